The molecule has 0 unspecified atom stereocenters. The van der Waals surface area contributed by atoms with Crippen molar-refractivity contribution in [3.05, 3.63) is 17.6 Å². The van der Waals surface area contributed by atoms with E-state index in [1.54, 1.807) is 4.90 Å². The SMILES string of the molecule is Cc1nc(C2CCN(S(C)(=O)=O)CC2)cc(N2C(=O)OC[C@H]2C(C)C)n1. The number of carbonyl (C=O) groups is 1. The molecule has 26 heavy (non-hydrogen) atoms. The summed E-state index contributed by atoms with van der Waals surface area (Å²) in [7, 11) is -3.15. The van der Waals surface area contributed by atoms with Crippen LogP contribution in [-0.4, -0.2) is 60.8 Å². The van der Waals surface area contributed by atoms with Gasteiger partial charge in [0.1, 0.15) is 18.2 Å². The second kappa shape index (κ2) is 7.11. The van der Waals surface area contributed by atoms with Gasteiger partial charge in [0.25, 0.3) is 0 Å². The molecule has 0 radical (unpaired) electrons. The summed E-state index contributed by atoms with van der Waals surface area (Å²) >= 11 is 0. The Labute approximate surface area is 154 Å². The van der Waals surface area contributed by atoms with Crippen LogP contribution in [0.5, 0.6) is 0 Å². The van der Waals surface area contributed by atoms with Gasteiger partial charge in [-0.05, 0) is 25.7 Å². The highest BCUT2D eigenvalue weighted by molar-refractivity contribution is 7.88. The zero-order chi connectivity index (χ0) is 19.1. The zero-order valence-electron chi connectivity index (χ0n) is 15.7. The second-order valence-electron chi connectivity index (χ2n) is 7.39. The van der Waals surface area contributed by atoms with Crippen LogP contribution in [0.2, 0.25) is 0 Å². The van der Waals surface area contributed by atoms with E-state index in [0.29, 0.717) is 44.2 Å². The van der Waals surface area contributed by atoms with E-state index in [4.69, 9.17) is 4.74 Å². The molecule has 8 nitrogen and oxygen atoms in total. The molecule has 3 heterocycles. The Kier molecular flexibility index (Phi) is 5.21. The van der Waals surface area contributed by atoms with E-state index < -0.39 is 10.0 Å². The van der Waals surface area contributed by atoms with Crippen LogP contribution in [0, 0.1) is 12.8 Å². The van der Waals surface area contributed by atoms with Gasteiger partial charge < -0.3 is 4.74 Å². The van der Waals surface area contributed by atoms with Gasteiger partial charge in [-0.15, -0.1) is 0 Å². The molecular weight excluding hydrogens is 356 g/mol. The summed E-state index contributed by atoms with van der Waals surface area (Å²) in [4.78, 5) is 22.8. The predicted molar refractivity (Wildman–Crippen MR) is 97.6 cm³/mol. The summed E-state index contributed by atoms with van der Waals surface area (Å²) in [5, 5.41) is 0. The topological polar surface area (TPSA) is 92.7 Å². The molecule has 2 fully saturated rings. The number of rotatable bonds is 4. The minimum absolute atomic E-state index is 0.0447. The van der Waals surface area contributed by atoms with Gasteiger partial charge in [0.2, 0.25) is 10.0 Å². The number of sulfonamides is 1. The van der Waals surface area contributed by atoms with Crippen molar-refractivity contribution in [2.75, 3.05) is 30.9 Å². The monoisotopic (exact) mass is 382 g/mol. The van der Waals surface area contributed by atoms with Gasteiger partial charge in [-0.1, -0.05) is 13.8 Å². The van der Waals surface area contributed by atoms with Gasteiger partial charge in [0.15, 0.2) is 0 Å². The molecule has 0 spiro atoms. The molecule has 144 valence electrons. The standard InChI is InChI=1S/C17H26N4O4S/c1-11(2)15-10-25-17(22)21(15)16-9-14(18-12(3)19-16)13-5-7-20(8-6-13)26(4,23)24/h9,11,13,15H,5-8,10H2,1-4H3/t15-/m0/s1. The summed E-state index contributed by atoms with van der Waals surface area (Å²) in [5.74, 6) is 1.58. The number of piperidine rings is 1. The number of cyclic esters (lactones) is 1. The van der Waals surface area contributed by atoms with Crippen LogP contribution in [0.3, 0.4) is 0 Å². The molecule has 0 saturated carbocycles. The minimum Gasteiger partial charge on any atom is -0.447 e. The van der Waals surface area contributed by atoms with E-state index in [1.807, 2.05) is 13.0 Å². The van der Waals surface area contributed by atoms with Crippen LogP contribution < -0.4 is 4.90 Å². The summed E-state index contributed by atoms with van der Waals surface area (Å²) < 4.78 is 30.1. The van der Waals surface area contributed by atoms with Gasteiger partial charge in [-0.25, -0.2) is 27.5 Å². The highest BCUT2D eigenvalue weighted by Crippen LogP contribution is 2.32. The van der Waals surface area contributed by atoms with Crippen molar-refractivity contribution in [1.29, 1.82) is 0 Å². The number of anilines is 1. The number of amides is 1. The Hall–Kier alpha value is -1.74. The average molecular weight is 382 g/mol. The summed E-state index contributed by atoms with van der Waals surface area (Å²) in [6.07, 6.45) is 2.28. The molecule has 2 aliphatic rings. The maximum absolute atomic E-state index is 12.2. The van der Waals surface area contributed by atoms with Crippen LogP contribution >= 0.6 is 0 Å². The average Bonchev–Trinajstić information content (AvgIpc) is 2.95. The molecule has 0 N–H and O–H groups in total. The molecule has 1 aromatic rings. The lowest BCUT2D eigenvalue weighted by molar-refractivity contribution is 0.177. The van der Waals surface area contributed by atoms with Gasteiger partial charge in [-0.2, -0.15) is 0 Å². The van der Waals surface area contributed by atoms with Gasteiger partial charge >= 0.3 is 6.09 Å². The maximum Gasteiger partial charge on any atom is 0.415 e. The number of aryl methyl sites for hydroxylation is 1. The number of aromatic nitrogens is 2. The molecule has 1 amide bonds. The predicted octanol–water partition coefficient (Wildman–Crippen LogP) is 1.91. The number of ether oxygens (including phenoxy) is 1. The molecule has 0 aliphatic carbocycles. The fourth-order valence-corrected chi connectivity index (χ4v) is 4.45. The Balaban J connectivity index is 1.84. The van der Waals surface area contributed by atoms with Crippen molar-refractivity contribution < 1.29 is 17.9 Å². The normalized spacial score (nSPS) is 22.9. The van der Waals surface area contributed by atoms with Gasteiger partial charge in [0, 0.05) is 30.8 Å². The second-order valence-corrected chi connectivity index (χ2v) is 9.38. The highest BCUT2D eigenvalue weighted by atomic mass is 32.2. The van der Waals surface area contributed by atoms with Gasteiger partial charge in [-0.3, -0.25) is 4.90 Å². The van der Waals surface area contributed by atoms with E-state index in [0.717, 1.165) is 5.69 Å². The molecule has 1 aromatic heterocycles. The summed E-state index contributed by atoms with van der Waals surface area (Å²) in [6, 6.07) is 1.81. The zero-order valence-corrected chi connectivity index (χ0v) is 16.5. The third kappa shape index (κ3) is 3.83. The fraction of sp³-hybridized carbons (Fsp3) is 0.706. The molecule has 1 atom stereocenters. The Morgan fingerprint density at radius 2 is 1.88 bits per heavy atom. The van der Waals surface area contributed by atoms with Crippen molar-refractivity contribution in [2.45, 2.75) is 45.6 Å². The summed E-state index contributed by atoms with van der Waals surface area (Å²) in [6.45, 7) is 7.25. The highest BCUT2D eigenvalue weighted by Gasteiger charge is 2.37. The number of nitrogens with zero attached hydrogens (tertiary/aromatic N) is 4. The van der Waals surface area contributed by atoms with Crippen molar-refractivity contribution in [2.24, 2.45) is 5.92 Å². The van der Waals surface area contributed by atoms with Crippen LogP contribution in [0.4, 0.5) is 10.6 Å². The number of hydrogen-bond acceptors (Lipinski definition) is 6. The molecule has 3 rings (SSSR count). The molecule has 0 bridgehead atoms. The minimum atomic E-state index is -3.15. The van der Waals surface area contributed by atoms with E-state index in [1.165, 1.54) is 10.6 Å². The Bertz CT molecular complexity index is 788. The third-order valence-electron chi connectivity index (χ3n) is 5.11. The lowest BCUT2D eigenvalue weighted by atomic mass is 9.94. The van der Waals surface area contributed by atoms with Crippen LogP contribution in [0.15, 0.2) is 6.07 Å². The van der Waals surface area contributed by atoms with Crippen LogP contribution in [0.1, 0.15) is 44.1 Å². The van der Waals surface area contributed by atoms with Crippen molar-refractivity contribution >= 4 is 21.9 Å². The molecule has 2 saturated heterocycles. The van der Waals surface area contributed by atoms with Crippen LogP contribution in [0.25, 0.3) is 0 Å². The first-order valence-electron chi connectivity index (χ1n) is 8.93. The van der Waals surface area contributed by atoms with E-state index in [-0.39, 0.29) is 24.0 Å². The molecule has 0 aromatic carbocycles. The van der Waals surface area contributed by atoms with Crippen molar-refractivity contribution in [1.82, 2.24) is 14.3 Å². The Morgan fingerprint density at radius 3 is 2.46 bits per heavy atom. The van der Waals surface area contributed by atoms with E-state index >= 15 is 0 Å². The van der Waals surface area contributed by atoms with Crippen LogP contribution in [-0.2, 0) is 14.8 Å². The molecule has 9 heteroatoms. The lowest BCUT2D eigenvalue weighted by Crippen LogP contribution is -2.38. The first kappa shape index (κ1) is 19.0. The lowest BCUT2D eigenvalue weighted by Gasteiger charge is -2.30. The van der Waals surface area contributed by atoms with Crippen molar-refractivity contribution in [3.8, 4) is 0 Å². The first-order chi connectivity index (χ1) is 12.2. The number of hydrogen-bond donors (Lipinski definition) is 0. The van der Waals surface area contributed by atoms with Crippen molar-refractivity contribution in [3.63, 3.8) is 0 Å². The molecular formula is C17H26N4O4S. The fourth-order valence-electron chi connectivity index (χ4n) is 3.58. The Morgan fingerprint density at radius 1 is 1.23 bits per heavy atom. The third-order valence-corrected chi connectivity index (χ3v) is 6.41. The first-order valence-corrected chi connectivity index (χ1v) is 10.8. The number of carbonyl (C=O) groups excluding carboxylic acids is 1. The van der Waals surface area contributed by atoms with E-state index in [2.05, 4.69) is 23.8 Å². The smallest absolute Gasteiger partial charge is 0.415 e. The van der Waals surface area contributed by atoms with E-state index in [9.17, 15) is 13.2 Å². The summed E-state index contributed by atoms with van der Waals surface area (Å²) in [5.41, 5.74) is 0.864. The quantitative estimate of drug-likeness (QED) is 0.790. The molecule has 2 aliphatic heterocycles. The largest absolute Gasteiger partial charge is 0.447 e. The maximum atomic E-state index is 12.2. The van der Waals surface area contributed by atoms with Gasteiger partial charge in [0.05, 0.1) is 12.3 Å².